The van der Waals surface area contributed by atoms with Gasteiger partial charge in [0.2, 0.25) is 5.01 Å². The fourth-order valence-electron chi connectivity index (χ4n) is 3.53. The summed E-state index contributed by atoms with van der Waals surface area (Å²) >= 11 is 1.05. The quantitative estimate of drug-likeness (QED) is 0.501. The second kappa shape index (κ2) is 5.73. The molecule has 5 aromatic rings. The van der Waals surface area contributed by atoms with E-state index in [9.17, 15) is 9.59 Å². The molecule has 0 aliphatic heterocycles. The van der Waals surface area contributed by atoms with Crippen molar-refractivity contribution in [3.8, 4) is 0 Å². The number of carboxylic acid groups (broad SMARTS) is 1. The number of aromatic carboxylic acids is 1. The van der Waals surface area contributed by atoms with Crippen molar-refractivity contribution in [3.05, 3.63) is 51.5 Å². The summed E-state index contributed by atoms with van der Waals surface area (Å²) in [5.41, 5.74) is 2.61. The van der Waals surface area contributed by atoms with Crippen LogP contribution in [-0.2, 0) is 20.6 Å². The van der Waals surface area contributed by atoms with Gasteiger partial charge < -0.3 is 9.67 Å². The summed E-state index contributed by atoms with van der Waals surface area (Å²) in [6, 6.07) is 5.85. The molecule has 1 N–H and O–H groups in total. The van der Waals surface area contributed by atoms with Crippen molar-refractivity contribution in [1.82, 2.24) is 29.1 Å². The average molecular weight is 394 g/mol. The molecule has 0 saturated carbocycles. The Morgan fingerprint density at radius 1 is 1.18 bits per heavy atom. The maximum atomic E-state index is 13.1. The molecular weight excluding hydrogens is 380 g/mol. The Balaban J connectivity index is 1.68. The zero-order valence-electron chi connectivity index (χ0n) is 14.9. The van der Waals surface area contributed by atoms with Crippen LogP contribution in [0.25, 0.3) is 32.2 Å². The van der Waals surface area contributed by atoms with E-state index in [4.69, 9.17) is 5.11 Å². The maximum absolute atomic E-state index is 13.1. The minimum absolute atomic E-state index is 0.00469. The lowest BCUT2D eigenvalue weighted by atomic mass is 10.1. The molecule has 0 radical (unpaired) electrons. The van der Waals surface area contributed by atoms with E-state index in [2.05, 4.69) is 15.2 Å². The first kappa shape index (κ1) is 16.6. The molecule has 4 heterocycles. The standard InChI is InChI=1S/C18H14N6O3S/c1-22-13-11(14-15(22)21-16(28-14)18(26)27)7-20-24(17(13)25)8-9-4-3-5-12-10(9)6-19-23(12)2/h3-7H,8H2,1-2H3,(H,26,27). The lowest BCUT2D eigenvalue weighted by Gasteiger charge is -2.07. The first-order chi connectivity index (χ1) is 13.5. The average Bonchev–Trinajstić information content (AvgIpc) is 3.34. The largest absolute Gasteiger partial charge is 0.476 e. The second-order valence-corrected chi connectivity index (χ2v) is 7.52. The van der Waals surface area contributed by atoms with Crippen LogP contribution in [0.2, 0.25) is 0 Å². The molecule has 0 aliphatic carbocycles. The second-order valence-electron chi connectivity index (χ2n) is 6.52. The fraction of sp³-hybridized carbons (Fsp3) is 0.167. The fourth-order valence-corrected chi connectivity index (χ4v) is 4.48. The first-order valence-corrected chi connectivity index (χ1v) is 9.25. The Morgan fingerprint density at radius 3 is 2.75 bits per heavy atom. The van der Waals surface area contributed by atoms with Gasteiger partial charge in [-0.1, -0.05) is 12.1 Å². The van der Waals surface area contributed by atoms with Crippen molar-refractivity contribution in [2.75, 3.05) is 0 Å². The molecule has 0 atom stereocenters. The molecule has 140 valence electrons. The van der Waals surface area contributed by atoms with Gasteiger partial charge in [-0.2, -0.15) is 10.2 Å². The smallest absolute Gasteiger partial charge is 0.365 e. The van der Waals surface area contributed by atoms with Crippen LogP contribution in [0.4, 0.5) is 0 Å². The molecule has 0 amide bonds. The summed E-state index contributed by atoms with van der Waals surface area (Å²) in [4.78, 5) is 28.4. The van der Waals surface area contributed by atoms with Gasteiger partial charge >= 0.3 is 5.97 Å². The van der Waals surface area contributed by atoms with Crippen LogP contribution in [0, 0.1) is 0 Å². The highest BCUT2D eigenvalue weighted by Gasteiger charge is 2.20. The summed E-state index contributed by atoms with van der Waals surface area (Å²) in [5, 5.41) is 19.4. The highest BCUT2D eigenvalue weighted by molar-refractivity contribution is 7.21. The third kappa shape index (κ3) is 2.21. The number of hydrogen-bond acceptors (Lipinski definition) is 6. The summed E-state index contributed by atoms with van der Waals surface area (Å²) in [6.45, 7) is 0.310. The summed E-state index contributed by atoms with van der Waals surface area (Å²) < 4.78 is 5.49. The zero-order chi connectivity index (χ0) is 19.6. The number of nitrogens with zero attached hydrogens (tertiary/aromatic N) is 6. The molecule has 4 aromatic heterocycles. The monoisotopic (exact) mass is 394 g/mol. The van der Waals surface area contributed by atoms with Gasteiger partial charge in [-0.25, -0.2) is 14.5 Å². The van der Waals surface area contributed by atoms with E-state index in [-0.39, 0.29) is 10.6 Å². The van der Waals surface area contributed by atoms with Crippen LogP contribution in [0.15, 0.2) is 35.4 Å². The number of fused-ring (bicyclic) bond motifs is 4. The number of rotatable bonds is 3. The van der Waals surface area contributed by atoms with E-state index < -0.39 is 5.97 Å². The highest BCUT2D eigenvalue weighted by atomic mass is 32.1. The van der Waals surface area contributed by atoms with Crippen molar-refractivity contribution in [3.63, 3.8) is 0 Å². The van der Waals surface area contributed by atoms with Crippen LogP contribution < -0.4 is 5.56 Å². The molecule has 5 rings (SSSR count). The third-order valence-electron chi connectivity index (χ3n) is 4.91. The van der Waals surface area contributed by atoms with Crippen LogP contribution in [-0.4, -0.2) is 40.2 Å². The zero-order valence-corrected chi connectivity index (χ0v) is 15.8. The Bertz CT molecular complexity index is 1470. The molecular formula is C18H14N6O3S. The van der Waals surface area contributed by atoms with Gasteiger partial charge in [0.15, 0.2) is 5.65 Å². The molecule has 28 heavy (non-hydrogen) atoms. The molecule has 0 bridgehead atoms. The third-order valence-corrected chi connectivity index (χ3v) is 5.98. The van der Waals surface area contributed by atoms with E-state index in [0.29, 0.717) is 27.8 Å². The predicted octanol–water partition coefficient (Wildman–Crippen LogP) is 1.98. The van der Waals surface area contributed by atoms with Crippen LogP contribution in [0.3, 0.4) is 0 Å². The SMILES string of the molecule is Cn1ncc2c(Cn3ncc4c5sc(C(=O)O)nc5n(C)c4c3=O)cccc21. The van der Waals surface area contributed by atoms with Crippen molar-refractivity contribution >= 4 is 49.5 Å². The Hall–Kier alpha value is -3.53. The highest BCUT2D eigenvalue weighted by Crippen LogP contribution is 2.30. The molecule has 0 spiro atoms. The maximum Gasteiger partial charge on any atom is 0.365 e. The van der Waals surface area contributed by atoms with Crippen LogP contribution in [0.5, 0.6) is 0 Å². The Kier molecular flexibility index (Phi) is 3.40. The minimum Gasteiger partial charge on any atom is -0.476 e. The van der Waals surface area contributed by atoms with Crippen LogP contribution in [0.1, 0.15) is 15.4 Å². The summed E-state index contributed by atoms with van der Waals surface area (Å²) in [7, 11) is 3.58. The topological polar surface area (TPSA) is 108 Å². The lowest BCUT2D eigenvalue weighted by Crippen LogP contribution is -2.24. The predicted molar refractivity (Wildman–Crippen MR) is 105 cm³/mol. The lowest BCUT2D eigenvalue weighted by molar-refractivity contribution is 0.0696. The molecule has 10 heteroatoms. The Morgan fingerprint density at radius 2 is 1.96 bits per heavy atom. The number of hydrogen-bond donors (Lipinski definition) is 1. The number of carbonyl (C=O) groups is 1. The number of aromatic nitrogens is 6. The number of aryl methyl sites for hydroxylation is 2. The van der Waals surface area contributed by atoms with E-state index in [1.54, 1.807) is 28.7 Å². The molecule has 9 nitrogen and oxygen atoms in total. The molecule has 0 fully saturated rings. The van der Waals surface area contributed by atoms with Crippen molar-refractivity contribution in [2.24, 2.45) is 14.1 Å². The summed E-state index contributed by atoms with van der Waals surface area (Å²) in [6.07, 6.45) is 3.39. The summed E-state index contributed by atoms with van der Waals surface area (Å²) in [5.74, 6) is -1.08. The minimum atomic E-state index is -1.08. The number of benzene rings is 1. The van der Waals surface area contributed by atoms with E-state index >= 15 is 0 Å². The van der Waals surface area contributed by atoms with Gasteiger partial charge in [-0.3, -0.25) is 9.48 Å². The van der Waals surface area contributed by atoms with Gasteiger partial charge in [0, 0.05) is 24.9 Å². The van der Waals surface area contributed by atoms with Gasteiger partial charge in [-0.15, -0.1) is 11.3 Å². The van der Waals surface area contributed by atoms with Gasteiger partial charge in [-0.05, 0) is 11.6 Å². The normalized spacial score (nSPS) is 11.8. The van der Waals surface area contributed by atoms with Gasteiger partial charge in [0.05, 0.1) is 29.2 Å². The first-order valence-electron chi connectivity index (χ1n) is 8.43. The molecule has 0 unspecified atom stereocenters. The van der Waals surface area contributed by atoms with Gasteiger partial charge in [0.25, 0.3) is 5.56 Å². The van der Waals surface area contributed by atoms with Gasteiger partial charge in [0.1, 0.15) is 5.52 Å². The molecule has 1 aromatic carbocycles. The van der Waals surface area contributed by atoms with Crippen LogP contribution >= 0.6 is 11.3 Å². The molecule has 0 aliphatic rings. The Labute approximate surface area is 161 Å². The molecule has 0 saturated heterocycles. The number of carboxylic acids is 1. The number of thiazole rings is 1. The van der Waals surface area contributed by atoms with Crippen molar-refractivity contribution in [1.29, 1.82) is 0 Å². The van der Waals surface area contributed by atoms with Crippen molar-refractivity contribution < 1.29 is 9.90 Å². The van der Waals surface area contributed by atoms with Crippen molar-refractivity contribution in [2.45, 2.75) is 6.54 Å². The van der Waals surface area contributed by atoms with E-state index in [0.717, 1.165) is 27.8 Å². The van der Waals surface area contributed by atoms with E-state index in [1.807, 2.05) is 25.2 Å². The van der Waals surface area contributed by atoms with E-state index in [1.165, 1.54) is 4.68 Å².